The number of benzene rings is 1. The van der Waals surface area contributed by atoms with Gasteiger partial charge in [0.1, 0.15) is 18.8 Å². The van der Waals surface area contributed by atoms with Crippen LogP contribution in [0, 0.1) is 24.0 Å². The van der Waals surface area contributed by atoms with Crippen LogP contribution >= 0.6 is 0 Å². The van der Waals surface area contributed by atoms with E-state index in [1.54, 1.807) is 37.6 Å². The number of quaternary nitrogens is 1. The summed E-state index contributed by atoms with van der Waals surface area (Å²) in [7, 11) is 0. The van der Waals surface area contributed by atoms with Gasteiger partial charge in [-0.3, -0.25) is 14.9 Å². The monoisotopic (exact) mass is 384 g/mol. The number of furan rings is 2. The van der Waals surface area contributed by atoms with Gasteiger partial charge in [-0.25, -0.2) is 0 Å². The van der Waals surface area contributed by atoms with Crippen molar-refractivity contribution in [2.75, 3.05) is 11.9 Å². The van der Waals surface area contributed by atoms with Gasteiger partial charge in [0.15, 0.2) is 18.1 Å². The highest BCUT2D eigenvalue weighted by molar-refractivity contribution is 5.95. The number of aryl methyl sites for hydroxylation is 1. The van der Waals surface area contributed by atoms with E-state index in [0.29, 0.717) is 18.7 Å². The van der Waals surface area contributed by atoms with Crippen LogP contribution in [-0.4, -0.2) is 17.4 Å². The number of nitrogens with one attached hydrogen (secondary N) is 2. The smallest absolute Gasteiger partial charge is 0.293 e. The standard InChI is InChI=1S/C20H21N3O5/c1-14-7-8-18(23(25)26)20(15(14)2)21-19(24)13-22(11-16-5-3-9-27-16)12-17-6-4-10-28-17/h3-10H,11-13H2,1-2H3,(H,21,24)/p+1. The summed E-state index contributed by atoms with van der Waals surface area (Å²) in [6.45, 7) is 4.67. The molecule has 0 radical (unpaired) electrons. The Bertz CT molecular complexity index is 912. The molecule has 0 spiro atoms. The van der Waals surface area contributed by atoms with Crippen LogP contribution in [0.25, 0.3) is 0 Å². The summed E-state index contributed by atoms with van der Waals surface area (Å²) in [4.78, 5) is 24.4. The van der Waals surface area contributed by atoms with Crippen molar-refractivity contribution in [1.82, 2.24) is 0 Å². The summed E-state index contributed by atoms with van der Waals surface area (Å²) in [5, 5.41) is 14.1. The summed E-state index contributed by atoms with van der Waals surface area (Å²) in [5.74, 6) is 1.17. The number of rotatable bonds is 8. The molecule has 0 aliphatic rings. The molecular formula is C20H22N3O5+. The van der Waals surface area contributed by atoms with Crippen molar-refractivity contribution in [3.63, 3.8) is 0 Å². The van der Waals surface area contributed by atoms with Gasteiger partial charge in [-0.05, 0) is 49.2 Å². The van der Waals surface area contributed by atoms with Gasteiger partial charge in [0.05, 0.1) is 17.4 Å². The summed E-state index contributed by atoms with van der Waals surface area (Å²) in [6, 6.07) is 10.4. The topological polar surface area (TPSA) is 103 Å². The molecule has 28 heavy (non-hydrogen) atoms. The fourth-order valence-corrected chi connectivity index (χ4v) is 3.03. The van der Waals surface area contributed by atoms with Gasteiger partial charge < -0.3 is 19.1 Å². The van der Waals surface area contributed by atoms with E-state index in [0.717, 1.165) is 22.0 Å². The lowest BCUT2D eigenvalue weighted by atomic mass is 10.1. The lowest BCUT2D eigenvalue weighted by Gasteiger charge is -2.18. The van der Waals surface area contributed by atoms with Crippen molar-refractivity contribution < 1.29 is 23.5 Å². The second-order valence-corrected chi connectivity index (χ2v) is 6.65. The zero-order chi connectivity index (χ0) is 20.1. The predicted octanol–water partition coefficient (Wildman–Crippen LogP) is 2.62. The van der Waals surface area contributed by atoms with E-state index in [9.17, 15) is 14.9 Å². The van der Waals surface area contributed by atoms with Crippen LogP contribution in [0.4, 0.5) is 11.4 Å². The quantitative estimate of drug-likeness (QED) is 0.459. The molecule has 0 unspecified atom stereocenters. The molecule has 0 aliphatic carbocycles. The van der Waals surface area contributed by atoms with E-state index >= 15 is 0 Å². The maximum Gasteiger partial charge on any atom is 0.293 e. The first-order valence-electron chi connectivity index (χ1n) is 8.87. The highest BCUT2D eigenvalue weighted by atomic mass is 16.6. The second-order valence-electron chi connectivity index (χ2n) is 6.65. The normalized spacial score (nSPS) is 11.0. The lowest BCUT2D eigenvalue weighted by molar-refractivity contribution is -0.921. The third-order valence-corrected chi connectivity index (χ3v) is 4.59. The van der Waals surface area contributed by atoms with Crippen molar-refractivity contribution in [2.24, 2.45) is 0 Å². The predicted molar refractivity (Wildman–Crippen MR) is 102 cm³/mol. The molecule has 0 bridgehead atoms. The van der Waals surface area contributed by atoms with Gasteiger partial charge in [-0.15, -0.1) is 0 Å². The molecule has 1 amide bonds. The number of hydrogen-bond acceptors (Lipinski definition) is 5. The molecule has 2 heterocycles. The van der Waals surface area contributed by atoms with E-state index in [1.165, 1.54) is 6.07 Å². The average Bonchev–Trinajstić information content (AvgIpc) is 3.33. The Morgan fingerprint density at radius 3 is 2.18 bits per heavy atom. The van der Waals surface area contributed by atoms with E-state index in [-0.39, 0.29) is 23.8 Å². The number of nitro benzene ring substituents is 1. The number of nitro groups is 1. The highest BCUT2D eigenvalue weighted by Gasteiger charge is 2.23. The highest BCUT2D eigenvalue weighted by Crippen LogP contribution is 2.29. The number of amides is 1. The summed E-state index contributed by atoms with van der Waals surface area (Å²) < 4.78 is 10.8. The average molecular weight is 384 g/mol. The number of hydrogen-bond donors (Lipinski definition) is 2. The van der Waals surface area contributed by atoms with E-state index in [1.807, 2.05) is 19.1 Å². The first kappa shape index (κ1) is 19.4. The van der Waals surface area contributed by atoms with Crippen LogP contribution < -0.4 is 10.2 Å². The molecular weight excluding hydrogens is 362 g/mol. The molecule has 3 rings (SSSR count). The third-order valence-electron chi connectivity index (χ3n) is 4.59. The molecule has 0 saturated heterocycles. The minimum Gasteiger partial charge on any atom is -0.463 e. The van der Waals surface area contributed by atoms with Crippen LogP contribution in [0.5, 0.6) is 0 Å². The van der Waals surface area contributed by atoms with Crippen molar-refractivity contribution >= 4 is 17.3 Å². The zero-order valence-corrected chi connectivity index (χ0v) is 15.7. The first-order valence-corrected chi connectivity index (χ1v) is 8.87. The van der Waals surface area contributed by atoms with E-state index in [2.05, 4.69) is 5.32 Å². The van der Waals surface area contributed by atoms with Crippen molar-refractivity contribution in [1.29, 1.82) is 0 Å². The minimum atomic E-state index is -0.488. The van der Waals surface area contributed by atoms with Crippen molar-refractivity contribution in [2.45, 2.75) is 26.9 Å². The Balaban J connectivity index is 1.76. The molecule has 146 valence electrons. The van der Waals surface area contributed by atoms with Gasteiger partial charge in [0.25, 0.3) is 11.6 Å². The van der Waals surface area contributed by atoms with Crippen LogP contribution in [-0.2, 0) is 17.9 Å². The second kappa shape index (κ2) is 8.53. The Kier molecular flexibility index (Phi) is 5.90. The molecule has 2 N–H and O–H groups in total. The van der Waals surface area contributed by atoms with Gasteiger partial charge in [0.2, 0.25) is 0 Å². The number of anilines is 1. The Morgan fingerprint density at radius 1 is 1.07 bits per heavy atom. The number of carbonyl (C=O) groups excluding carboxylic acids is 1. The lowest BCUT2D eigenvalue weighted by Crippen LogP contribution is -3.10. The molecule has 3 aromatic rings. The zero-order valence-electron chi connectivity index (χ0n) is 15.7. The third kappa shape index (κ3) is 4.66. The maximum atomic E-state index is 12.7. The molecule has 1 aromatic carbocycles. The fourth-order valence-electron chi connectivity index (χ4n) is 3.03. The van der Waals surface area contributed by atoms with Gasteiger partial charge in [0, 0.05) is 6.07 Å². The van der Waals surface area contributed by atoms with Gasteiger partial charge in [-0.2, -0.15) is 0 Å². The van der Waals surface area contributed by atoms with E-state index < -0.39 is 4.92 Å². The fraction of sp³-hybridized carbons (Fsp3) is 0.250. The molecule has 0 atom stereocenters. The molecule has 8 nitrogen and oxygen atoms in total. The van der Waals surface area contributed by atoms with Gasteiger partial charge >= 0.3 is 0 Å². The molecule has 0 saturated carbocycles. The van der Waals surface area contributed by atoms with Crippen molar-refractivity contribution in [3.05, 3.63) is 81.7 Å². The Labute approximate surface area is 161 Å². The summed E-state index contributed by atoms with van der Waals surface area (Å²) in [5.41, 5.74) is 1.68. The van der Waals surface area contributed by atoms with Crippen LogP contribution in [0.15, 0.2) is 57.8 Å². The van der Waals surface area contributed by atoms with Crippen LogP contribution in [0.1, 0.15) is 22.6 Å². The SMILES string of the molecule is Cc1ccc([N+](=O)[O-])c(NC(=O)C[NH+](Cc2ccco2)Cc2ccco2)c1C. The molecule has 2 aromatic heterocycles. The molecule has 0 fully saturated rings. The van der Waals surface area contributed by atoms with E-state index in [4.69, 9.17) is 8.83 Å². The van der Waals surface area contributed by atoms with Gasteiger partial charge in [-0.1, -0.05) is 6.07 Å². The van der Waals surface area contributed by atoms with Crippen molar-refractivity contribution in [3.8, 4) is 0 Å². The number of nitrogens with zero attached hydrogens (tertiary/aromatic N) is 1. The Morgan fingerprint density at radius 2 is 1.68 bits per heavy atom. The Hall–Kier alpha value is -3.39. The largest absolute Gasteiger partial charge is 0.463 e. The summed E-state index contributed by atoms with van der Waals surface area (Å²) in [6.07, 6.45) is 3.17. The summed E-state index contributed by atoms with van der Waals surface area (Å²) >= 11 is 0. The minimum absolute atomic E-state index is 0.103. The molecule has 0 aliphatic heterocycles. The maximum absolute atomic E-state index is 12.7. The van der Waals surface area contributed by atoms with Crippen LogP contribution in [0.2, 0.25) is 0 Å². The van der Waals surface area contributed by atoms with Crippen LogP contribution in [0.3, 0.4) is 0 Å². The molecule has 8 heteroatoms. The number of carbonyl (C=O) groups is 1. The first-order chi connectivity index (χ1) is 13.4.